The summed E-state index contributed by atoms with van der Waals surface area (Å²) in [6.45, 7) is 4.95. The summed E-state index contributed by atoms with van der Waals surface area (Å²) >= 11 is 1.98. The fraction of sp³-hybridized carbons (Fsp3) is 0.917. The van der Waals surface area contributed by atoms with Crippen molar-refractivity contribution >= 4 is 17.7 Å². The molecule has 0 spiro atoms. The first kappa shape index (κ1) is 12.2. The van der Waals surface area contributed by atoms with Crippen molar-refractivity contribution in [2.75, 3.05) is 31.1 Å². The Hall–Kier alpha value is -0.220. The van der Waals surface area contributed by atoms with Crippen molar-refractivity contribution in [3.8, 4) is 0 Å². The van der Waals surface area contributed by atoms with E-state index in [4.69, 9.17) is 0 Å². The van der Waals surface area contributed by atoms with E-state index in [9.17, 15) is 4.79 Å². The van der Waals surface area contributed by atoms with Crippen molar-refractivity contribution < 1.29 is 4.79 Å². The summed E-state index contributed by atoms with van der Waals surface area (Å²) in [6, 6.07) is 0.504. The van der Waals surface area contributed by atoms with Gasteiger partial charge in [-0.15, -0.1) is 0 Å². The number of thioether (sulfide) groups is 1. The van der Waals surface area contributed by atoms with Gasteiger partial charge in [-0.25, -0.2) is 0 Å². The highest BCUT2D eigenvalue weighted by atomic mass is 32.2. The molecule has 0 aromatic rings. The average molecular weight is 242 g/mol. The molecule has 16 heavy (non-hydrogen) atoms. The second kappa shape index (κ2) is 5.92. The molecule has 0 bridgehead atoms. The summed E-state index contributed by atoms with van der Waals surface area (Å²) in [5, 5.41) is 3.33. The molecular formula is C12H22N2OS. The van der Waals surface area contributed by atoms with E-state index >= 15 is 0 Å². The van der Waals surface area contributed by atoms with Gasteiger partial charge in [0.05, 0.1) is 5.92 Å². The summed E-state index contributed by atoms with van der Waals surface area (Å²) in [7, 11) is 0. The number of rotatable bonds is 3. The molecule has 0 aliphatic carbocycles. The maximum absolute atomic E-state index is 12.4. The highest BCUT2D eigenvalue weighted by Crippen LogP contribution is 2.24. The van der Waals surface area contributed by atoms with Crippen LogP contribution in [0.25, 0.3) is 0 Å². The predicted octanol–water partition coefficient (Wildman–Crippen LogP) is 1.34. The van der Waals surface area contributed by atoms with E-state index in [1.165, 1.54) is 12.2 Å². The highest BCUT2D eigenvalue weighted by molar-refractivity contribution is 7.99. The number of hydrogen-bond donors (Lipinski definition) is 1. The van der Waals surface area contributed by atoms with E-state index in [1.54, 1.807) is 0 Å². The Morgan fingerprint density at radius 2 is 2.38 bits per heavy atom. The summed E-state index contributed by atoms with van der Waals surface area (Å²) in [6.07, 6.45) is 3.40. The van der Waals surface area contributed by atoms with E-state index in [-0.39, 0.29) is 5.92 Å². The molecule has 2 saturated heterocycles. The number of nitrogens with one attached hydrogen (secondary N) is 1. The van der Waals surface area contributed by atoms with Crippen LogP contribution in [0.15, 0.2) is 0 Å². The Morgan fingerprint density at radius 1 is 1.50 bits per heavy atom. The normalized spacial score (nSPS) is 30.3. The molecule has 2 heterocycles. The molecule has 2 rings (SSSR count). The lowest BCUT2D eigenvalue weighted by atomic mass is 9.97. The minimum Gasteiger partial charge on any atom is -0.339 e. The minimum absolute atomic E-state index is 0.235. The van der Waals surface area contributed by atoms with Crippen LogP contribution in [0.1, 0.15) is 26.2 Å². The number of nitrogens with zero attached hydrogens (tertiary/aromatic N) is 1. The summed E-state index contributed by atoms with van der Waals surface area (Å²) in [5.74, 6) is 2.98. The number of carbonyl (C=O) groups is 1. The van der Waals surface area contributed by atoms with E-state index in [0.717, 1.165) is 38.2 Å². The molecule has 2 atom stereocenters. The molecule has 2 aliphatic rings. The lowest BCUT2D eigenvalue weighted by Gasteiger charge is -2.32. The number of hydrogen-bond acceptors (Lipinski definition) is 3. The van der Waals surface area contributed by atoms with Gasteiger partial charge in [0.15, 0.2) is 0 Å². The number of amides is 1. The molecule has 0 radical (unpaired) electrons. The van der Waals surface area contributed by atoms with Gasteiger partial charge in [0.25, 0.3) is 0 Å². The van der Waals surface area contributed by atoms with Crippen LogP contribution in [-0.4, -0.2) is 48.0 Å². The van der Waals surface area contributed by atoms with Gasteiger partial charge in [0.2, 0.25) is 5.91 Å². The molecule has 0 unspecified atom stereocenters. The Kier molecular flexibility index (Phi) is 4.53. The lowest BCUT2D eigenvalue weighted by molar-refractivity contribution is -0.137. The van der Waals surface area contributed by atoms with Gasteiger partial charge >= 0.3 is 0 Å². The van der Waals surface area contributed by atoms with Crippen LogP contribution in [-0.2, 0) is 4.79 Å². The Balaban J connectivity index is 1.93. The predicted molar refractivity (Wildman–Crippen MR) is 68.7 cm³/mol. The summed E-state index contributed by atoms with van der Waals surface area (Å²) in [4.78, 5) is 14.5. The van der Waals surface area contributed by atoms with Crippen LogP contribution >= 0.6 is 11.8 Å². The third-order valence-corrected chi connectivity index (χ3v) is 4.76. The topological polar surface area (TPSA) is 32.3 Å². The van der Waals surface area contributed by atoms with E-state index in [0.29, 0.717) is 11.9 Å². The van der Waals surface area contributed by atoms with Gasteiger partial charge in [0.1, 0.15) is 0 Å². The molecule has 2 aliphatic heterocycles. The van der Waals surface area contributed by atoms with Crippen LogP contribution in [0.3, 0.4) is 0 Å². The molecule has 4 heteroatoms. The quantitative estimate of drug-likeness (QED) is 0.810. The van der Waals surface area contributed by atoms with E-state index in [2.05, 4.69) is 17.1 Å². The monoisotopic (exact) mass is 242 g/mol. The number of carbonyl (C=O) groups excluding carboxylic acids is 1. The average Bonchev–Trinajstić information content (AvgIpc) is 2.85. The zero-order chi connectivity index (χ0) is 11.4. The van der Waals surface area contributed by atoms with Crippen molar-refractivity contribution in [2.24, 2.45) is 5.92 Å². The second-order valence-electron chi connectivity index (χ2n) is 4.68. The van der Waals surface area contributed by atoms with Gasteiger partial charge in [-0.3, -0.25) is 4.79 Å². The van der Waals surface area contributed by atoms with Crippen LogP contribution in [0.4, 0.5) is 0 Å². The molecule has 3 nitrogen and oxygen atoms in total. The fourth-order valence-corrected chi connectivity index (χ4v) is 3.88. The van der Waals surface area contributed by atoms with Crippen molar-refractivity contribution in [3.05, 3.63) is 0 Å². The van der Waals surface area contributed by atoms with Gasteiger partial charge < -0.3 is 10.2 Å². The van der Waals surface area contributed by atoms with Crippen molar-refractivity contribution in [2.45, 2.75) is 32.2 Å². The Bertz CT molecular complexity index is 235. The molecule has 0 aromatic carbocycles. The first-order valence-corrected chi connectivity index (χ1v) is 7.57. The van der Waals surface area contributed by atoms with Crippen LogP contribution in [0.5, 0.6) is 0 Å². The van der Waals surface area contributed by atoms with Crippen molar-refractivity contribution in [1.82, 2.24) is 10.2 Å². The molecule has 2 fully saturated rings. The zero-order valence-electron chi connectivity index (χ0n) is 10.1. The van der Waals surface area contributed by atoms with E-state index < -0.39 is 0 Å². The maximum atomic E-state index is 12.4. The molecular weight excluding hydrogens is 220 g/mol. The van der Waals surface area contributed by atoms with E-state index in [1.807, 2.05) is 11.8 Å². The largest absolute Gasteiger partial charge is 0.339 e. The lowest BCUT2D eigenvalue weighted by Crippen LogP contribution is -2.47. The van der Waals surface area contributed by atoms with Crippen LogP contribution in [0, 0.1) is 5.92 Å². The van der Waals surface area contributed by atoms with Gasteiger partial charge in [-0.1, -0.05) is 0 Å². The van der Waals surface area contributed by atoms with Gasteiger partial charge in [-0.2, -0.15) is 11.8 Å². The van der Waals surface area contributed by atoms with Gasteiger partial charge in [0, 0.05) is 24.9 Å². The minimum atomic E-state index is 0.235. The third-order valence-electron chi connectivity index (χ3n) is 3.62. The fourth-order valence-electron chi connectivity index (χ4n) is 2.66. The first-order chi connectivity index (χ1) is 7.83. The SMILES string of the molecule is CCN(C(=O)[C@@H]1CCCNC1)[C@H]1CCSC1. The van der Waals surface area contributed by atoms with Crippen LogP contribution < -0.4 is 5.32 Å². The van der Waals surface area contributed by atoms with Gasteiger partial charge in [-0.05, 0) is 38.5 Å². The molecule has 0 aromatic heterocycles. The molecule has 0 saturated carbocycles. The Morgan fingerprint density at radius 3 is 2.94 bits per heavy atom. The first-order valence-electron chi connectivity index (χ1n) is 6.42. The smallest absolute Gasteiger partial charge is 0.227 e. The van der Waals surface area contributed by atoms with Crippen molar-refractivity contribution in [1.29, 1.82) is 0 Å². The highest BCUT2D eigenvalue weighted by Gasteiger charge is 2.31. The van der Waals surface area contributed by atoms with Crippen molar-refractivity contribution in [3.63, 3.8) is 0 Å². The maximum Gasteiger partial charge on any atom is 0.227 e. The van der Waals surface area contributed by atoms with Crippen LogP contribution in [0.2, 0.25) is 0 Å². The summed E-state index contributed by atoms with van der Waals surface area (Å²) < 4.78 is 0. The number of piperidine rings is 1. The molecule has 1 N–H and O–H groups in total. The molecule has 1 amide bonds. The Labute approximate surface area is 102 Å². The second-order valence-corrected chi connectivity index (χ2v) is 5.83. The zero-order valence-corrected chi connectivity index (χ0v) is 10.9. The molecule has 92 valence electrons. The standard InChI is InChI=1S/C12H22N2OS/c1-2-14(11-5-7-16-9-11)12(15)10-4-3-6-13-8-10/h10-11,13H,2-9H2,1H3/t10-,11+/m1/s1. The summed E-state index contributed by atoms with van der Waals surface area (Å²) in [5.41, 5.74) is 0. The third kappa shape index (κ3) is 2.72.